The minimum absolute atomic E-state index is 0.262. The van der Waals surface area contributed by atoms with Gasteiger partial charge in [-0.1, -0.05) is 34.1 Å². The van der Waals surface area contributed by atoms with Crippen LogP contribution in [0.5, 0.6) is 0 Å². The maximum absolute atomic E-state index is 9.34. The van der Waals surface area contributed by atoms with Gasteiger partial charge in [-0.05, 0) is 42.5 Å². The van der Waals surface area contributed by atoms with Crippen molar-refractivity contribution in [3.05, 3.63) is 40.4 Å². The topological polar surface area (TPSA) is 20.2 Å². The fraction of sp³-hybridized carbons (Fsp3) is 0.385. The largest absolute Gasteiger partial charge is 0.396 e. The second-order valence-corrected chi connectivity index (χ2v) is 4.90. The fourth-order valence-electron chi connectivity index (χ4n) is 2.16. The van der Waals surface area contributed by atoms with E-state index in [0.29, 0.717) is 5.92 Å². The molecule has 80 valence electrons. The van der Waals surface area contributed by atoms with Crippen LogP contribution < -0.4 is 0 Å². The molecule has 0 aromatic heterocycles. The summed E-state index contributed by atoms with van der Waals surface area (Å²) in [6.07, 6.45) is 5.71. The zero-order valence-corrected chi connectivity index (χ0v) is 10.2. The molecule has 1 atom stereocenters. The smallest absolute Gasteiger partial charge is 0.0499 e. The van der Waals surface area contributed by atoms with E-state index in [1.807, 2.05) is 12.1 Å². The summed E-state index contributed by atoms with van der Waals surface area (Å²) < 4.78 is 1.10. The first-order valence-electron chi connectivity index (χ1n) is 5.38. The van der Waals surface area contributed by atoms with E-state index < -0.39 is 0 Å². The Kier molecular flexibility index (Phi) is 3.60. The van der Waals surface area contributed by atoms with E-state index in [9.17, 15) is 5.11 Å². The van der Waals surface area contributed by atoms with Crippen molar-refractivity contribution < 1.29 is 5.11 Å². The van der Waals surface area contributed by atoms with Gasteiger partial charge in [0, 0.05) is 17.0 Å². The molecule has 0 fully saturated rings. The lowest BCUT2D eigenvalue weighted by molar-refractivity contribution is 0.246. The Balaban J connectivity index is 2.32. The first-order valence-corrected chi connectivity index (χ1v) is 6.17. The summed E-state index contributed by atoms with van der Waals surface area (Å²) in [7, 11) is 0. The number of benzene rings is 1. The molecule has 1 aromatic carbocycles. The van der Waals surface area contributed by atoms with Gasteiger partial charge in [0.2, 0.25) is 0 Å². The van der Waals surface area contributed by atoms with Crippen molar-refractivity contribution in [2.45, 2.75) is 19.3 Å². The lowest BCUT2D eigenvalue weighted by atomic mass is 9.84. The van der Waals surface area contributed by atoms with Crippen molar-refractivity contribution >= 4 is 21.5 Å². The zero-order valence-electron chi connectivity index (χ0n) is 8.62. The minimum atomic E-state index is 0.262. The number of hydrogen-bond acceptors (Lipinski definition) is 1. The minimum Gasteiger partial charge on any atom is -0.396 e. The second kappa shape index (κ2) is 4.95. The Morgan fingerprint density at radius 1 is 1.40 bits per heavy atom. The average molecular weight is 267 g/mol. The lowest BCUT2D eigenvalue weighted by Gasteiger charge is -2.22. The van der Waals surface area contributed by atoms with E-state index in [2.05, 4.69) is 34.1 Å². The summed E-state index contributed by atoms with van der Waals surface area (Å²) in [5, 5.41) is 9.34. The molecule has 0 saturated carbocycles. The van der Waals surface area contributed by atoms with Crippen LogP contribution in [0.15, 0.2) is 34.8 Å². The molecule has 1 unspecified atom stereocenters. The molecule has 0 spiro atoms. The maximum Gasteiger partial charge on any atom is 0.0499 e. The van der Waals surface area contributed by atoms with Gasteiger partial charge in [-0.2, -0.15) is 0 Å². The van der Waals surface area contributed by atoms with Gasteiger partial charge in [0.25, 0.3) is 0 Å². The predicted octanol–water partition coefficient (Wildman–Crippen LogP) is 3.62. The van der Waals surface area contributed by atoms with Crippen LogP contribution in [0.4, 0.5) is 0 Å². The standard InChI is InChI=1S/C13H15BrO/c14-12-6-3-5-10(8-12)13-7-2-1-4-11(13)9-15/h3,5-8,11,15H,1-2,4,9H2. The quantitative estimate of drug-likeness (QED) is 0.867. The number of aliphatic hydroxyl groups is 1. The Morgan fingerprint density at radius 3 is 3.00 bits per heavy atom. The molecule has 1 aromatic rings. The monoisotopic (exact) mass is 266 g/mol. The number of hydrogen-bond donors (Lipinski definition) is 1. The molecule has 1 nitrogen and oxygen atoms in total. The van der Waals surface area contributed by atoms with Gasteiger partial charge in [0.1, 0.15) is 0 Å². The van der Waals surface area contributed by atoms with Crippen molar-refractivity contribution in [3.63, 3.8) is 0 Å². The summed E-state index contributed by atoms with van der Waals surface area (Å²) >= 11 is 3.48. The molecule has 0 saturated heterocycles. The molecule has 0 amide bonds. The molecule has 15 heavy (non-hydrogen) atoms. The lowest BCUT2D eigenvalue weighted by Crippen LogP contribution is -2.11. The molecule has 1 N–H and O–H groups in total. The molecule has 2 heteroatoms. The van der Waals surface area contributed by atoms with Crippen LogP contribution in [0.25, 0.3) is 5.57 Å². The summed E-state index contributed by atoms with van der Waals surface area (Å²) in [4.78, 5) is 0. The summed E-state index contributed by atoms with van der Waals surface area (Å²) in [5.74, 6) is 0.327. The average Bonchev–Trinajstić information content (AvgIpc) is 2.29. The highest BCUT2D eigenvalue weighted by atomic mass is 79.9. The number of allylic oxidation sites excluding steroid dienone is 1. The van der Waals surface area contributed by atoms with Crippen LogP contribution in [-0.4, -0.2) is 11.7 Å². The fourth-order valence-corrected chi connectivity index (χ4v) is 2.55. The highest BCUT2D eigenvalue weighted by Gasteiger charge is 2.18. The SMILES string of the molecule is OCC1CCCC=C1c1cccc(Br)c1. The van der Waals surface area contributed by atoms with E-state index >= 15 is 0 Å². The van der Waals surface area contributed by atoms with Crippen molar-refractivity contribution in [1.29, 1.82) is 0 Å². The van der Waals surface area contributed by atoms with Crippen LogP contribution in [0.3, 0.4) is 0 Å². The van der Waals surface area contributed by atoms with Crippen LogP contribution in [0, 0.1) is 5.92 Å². The van der Waals surface area contributed by atoms with Gasteiger partial charge in [0.15, 0.2) is 0 Å². The molecular weight excluding hydrogens is 252 g/mol. The summed E-state index contributed by atoms with van der Waals surface area (Å²) in [6, 6.07) is 8.31. The molecular formula is C13H15BrO. The van der Waals surface area contributed by atoms with Gasteiger partial charge in [-0.15, -0.1) is 0 Å². The Labute approximate surface area is 99.0 Å². The van der Waals surface area contributed by atoms with Gasteiger partial charge in [-0.25, -0.2) is 0 Å². The number of aliphatic hydroxyl groups excluding tert-OH is 1. The molecule has 0 aliphatic heterocycles. The van der Waals surface area contributed by atoms with Crippen LogP contribution in [0.1, 0.15) is 24.8 Å². The third kappa shape index (κ3) is 2.50. The first kappa shape index (κ1) is 10.9. The molecule has 0 radical (unpaired) electrons. The van der Waals surface area contributed by atoms with Crippen molar-refractivity contribution in [2.24, 2.45) is 5.92 Å². The second-order valence-electron chi connectivity index (χ2n) is 3.98. The summed E-state index contributed by atoms with van der Waals surface area (Å²) in [6.45, 7) is 0.262. The van der Waals surface area contributed by atoms with Crippen molar-refractivity contribution in [2.75, 3.05) is 6.61 Å². The van der Waals surface area contributed by atoms with E-state index in [4.69, 9.17) is 0 Å². The number of rotatable bonds is 2. The van der Waals surface area contributed by atoms with E-state index in [-0.39, 0.29) is 6.61 Å². The van der Waals surface area contributed by atoms with E-state index in [1.54, 1.807) is 0 Å². The van der Waals surface area contributed by atoms with Gasteiger partial charge < -0.3 is 5.11 Å². The Hall–Kier alpha value is -0.600. The van der Waals surface area contributed by atoms with Crippen LogP contribution in [0.2, 0.25) is 0 Å². The van der Waals surface area contributed by atoms with E-state index in [0.717, 1.165) is 17.3 Å². The Bertz CT molecular complexity index is 371. The van der Waals surface area contributed by atoms with Gasteiger partial charge in [-0.3, -0.25) is 0 Å². The predicted molar refractivity (Wildman–Crippen MR) is 66.5 cm³/mol. The third-order valence-corrected chi connectivity index (χ3v) is 3.43. The van der Waals surface area contributed by atoms with Gasteiger partial charge >= 0.3 is 0 Å². The van der Waals surface area contributed by atoms with E-state index in [1.165, 1.54) is 17.6 Å². The van der Waals surface area contributed by atoms with Crippen LogP contribution in [-0.2, 0) is 0 Å². The molecule has 2 rings (SSSR count). The zero-order chi connectivity index (χ0) is 10.7. The molecule has 1 aliphatic rings. The highest BCUT2D eigenvalue weighted by molar-refractivity contribution is 9.10. The van der Waals surface area contributed by atoms with Crippen molar-refractivity contribution in [3.8, 4) is 0 Å². The Morgan fingerprint density at radius 2 is 2.27 bits per heavy atom. The molecule has 0 bridgehead atoms. The van der Waals surface area contributed by atoms with Crippen molar-refractivity contribution in [1.82, 2.24) is 0 Å². The third-order valence-electron chi connectivity index (χ3n) is 2.94. The highest BCUT2D eigenvalue weighted by Crippen LogP contribution is 2.33. The molecule has 0 heterocycles. The maximum atomic E-state index is 9.34. The van der Waals surface area contributed by atoms with Gasteiger partial charge in [0.05, 0.1) is 0 Å². The molecule has 1 aliphatic carbocycles. The normalized spacial score (nSPS) is 21.2. The number of halogens is 1. The first-order chi connectivity index (χ1) is 7.31. The summed E-state index contributed by atoms with van der Waals surface area (Å²) in [5.41, 5.74) is 2.55. The van der Waals surface area contributed by atoms with Crippen LogP contribution >= 0.6 is 15.9 Å².